The molecule has 1 saturated heterocycles. The van der Waals surface area contributed by atoms with E-state index in [0.29, 0.717) is 5.69 Å². The number of amides is 1. The highest BCUT2D eigenvalue weighted by Gasteiger charge is 2.64. The van der Waals surface area contributed by atoms with Crippen molar-refractivity contribution in [3.8, 4) is 12.3 Å². The first kappa shape index (κ1) is 17.2. The first-order valence-electron chi connectivity index (χ1n) is 7.17. The number of rotatable bonds is 3. The number of halogens is 1. The highest BCUT2D eigenvalue weighted by molar-refractivity contribution is 6.06. The molecule has 1 fully saturated rings. The molecule has 1 amide bonds. The van der Waals surface area contributed by atoms with Gasteiger partial charge >= 0.3 is 0 Å². The summed E-state index contributed by atoms with van der Waals surface area (Å²) in [6.45, 7) is 0.357. The number of ether oxygens (including phenoxy) is 1. The molecular weight excluding hydrogens is 335 g/mol. The number of primary amides is 1. The van der Waals surface area contributed by atoms with Gasteiger partial charge in [0.15, 0.2) is 12.3 Å². The molecular formula is C15H15FN4O5. The summed E-state index contributed by atoms with van der Waals surface area (Å²) >= 11 is 0. The van der Waals surface area contributed by atoms with E-state index in [0.717, 1.165) is 4.57 Å². The first-order chi connectivity index (χ1) is 11.7. The van der Waals surface area contributed by atoms with Crippen molar-refractivity contribution in [1.82, 2.24) is 14.5 Å². The third-order valence-corrected chi connectivity index (χ3v) is 4.27. The predicted octanol–water partition coefficient (Wildman–Crippen LogP) is -1.25. The van der Waals surface area contributed by atoms with Crippen LogP contribution in [0.15, 0.2) is 12.5 Å². The number of hydrogen-bond donors (Lipinski definition) is 4. The van der Waals surface area contributed by atoms with Crippen molar-refractivity contribution >= 4 is 16.9 Å². The lowest BCUT2D eigenvalue weighted by molar-refractivity contribution is -0.206. The Labute approximate surface area is 140 Å². The summed E-state index contributed by atoms with van der Waals surface area (Å²) in [5, 5.41) is 30.1. The fourth-order valence-electron chi connectivity index (χ4n) is 2.95. The fourth-order valence-corrected chi connectivity index (χ4v) is 2.95. The molecule has 0 unspecified atom stereocenters. The molecule has 0 saturated carbocycles. The zero-order valence-corrected chi connectivity index (χ0v) is 13.0. The summed E-state index contributed by atoms with van der Waals surface area (Å²) < 4.78 is 20.7. The number of hydrogen-bond acceptors (Lipinski definition) is 7. The normalized spacial score (nSPS) is 32.0. The van der Waals surface area contributed by atoms with Crippen LogP contribution >= 0.6 is 0 Å². The quantitative estimate of drug-likeness (QED) is 0.506. The molecule has 132 valence electrons. The van der Waals surface area contributed by atoms with E-state index in [9.17, 15) is 24.5 Å². The Bertz CT molecular complexity index is 909. The van der Waals surface area contributed by atoms with E-state index < -0.39 is 36.3 Å². The van der Waals surface area contributed by atoms with Gasteiger partial charge in [-0.3, -0.25) is 4.79 Å². The number of aryl methyl sites for hydroxylation is 1. The molecule has 4 atom stereocenters. The van der Waals surface area contributed by atoms with Crippen molar-refractivity contribution in [2.75, 3.05) is 6.61 Å². The molecule has 1 aliphatic rings. The second kappa shape index (κ2) is 5.47. The minimum atomic E-state index is -3.00. The summed E-state index contributed by atoms with van der Waals surface area (Å²) in [6.07, 6.45) is 3.73. The van der Waals surface area contributed by atoms with Crippen LogP contribution in [0.3, 0.4) is 0 Å². The first-order valence-corrected chi connectivity index (χ1v) is 7.17. The van der Waals surface area contributed by atoms with Gasteiger partial charge in [0.25, 0.3) is 11.8 Å². The van der Waals surface area contributed by atoms with E-state index >= 15 is 0 Å². The number of carbonyl (C=O) groups is 1. The average Bonchev–Trinajstić information content (AvgIpc) is 3.07. The number of aliphatic hydroxyl groups excluding tert-OH is 2. The van der Waals surface area contributed by atoms with Crippen molar-refractivity contribution in [3.63, 3.8) is 0 Å². The van der Waals surface area contributed by atoms with E-state index in [1.165, 1.54) is 12.5 Å². The zero-order chi connectivity index (χ0) is 18.6. The Kier molecular flexibility index (Phi) is 3.77. The molecule has 0 aliphatic carbocycles. The van der Waals surface area contributed by atoms with Crippen molar-refractivity contribution in [1.29, 1.82) is 0 Å². The summed E-state index contributed by atoms with van der Waals surface area (Å²) in [5.41, 5.74) is 3.33. The molecule has 2 aromatic heterocycles. The van der Waals surface area contributed by atoms with Gasteiger partial charge < -0.3 is 30.4 Å². The Morgan fingerprint density at radius 3 is 2.84 bits per heavy atom. The Morgan fingerprint density at radius 2 is 2.28 bits per heavy atom. The third-order valence-electron chi connectivity index (χ3n) is 4.27. The van der Waals surface area contributed by atoms with Crippen molar-refractivity contribution in [2.24, 2.45) is 5.73 Å². The molecule has 25 heavy (non-hydrogen) atoms. The van der Waals surface area contributed by atoms with Gasteiger partial charge in [0.1, 0.15) is 18.6 Å². The lowest BCUT2D eigenvalue weighted by atomic mass is 9.94. The SMILES string of the molecule is C#C[C@]1(O)[C@H](n2cc(C(N)=O)c3c(C)ncnc32)O[C@](F)(CO)[C@H]1O. The highest BCUT2D eigenvalue weighted by atomic mass is 19.2. The molecule has 1 aliphatic heterocycles. The minimum Gasteiger partial charge on any atom is -0.390 e. The van der Waals surface area contributed by atoms with E-state index in [1.54, 1.807) is 6.92 Å². The summed E-state index contributed by atoms with van der Waals surface area (Å²) in [7, 11) is 0. The maximum absolute atomic E-state index is 14.6. The molecule has 5 N–H and O–H groups in total. The van der Waals surface area contributed by atoms with Gasteiger partial charge in [-0.05, 0) is 6.92 Å². The maximum Gasteiger partial charge on any atom is 0.264 e. The Balaban J connectivity index is 2.28. The molecule has 10 heteroatoms. The van der Waals surface area contributed by atoms with Crippen LogP contribution in [0.1, 0.15) is 22.3 Å². The van der Waals surface area contributed by atoms with Crippen LogP contribution in [-0.4, -0.2) is 59.9 Å². The Hall–Kier alpha value is -2.58. The second-order valence-electron chi connectivity index (χ2n) is 5.76. The van der Waals surface area contributed by atoms with Crippen LogP contribution in [0, 0.1) is 19.3 Å². The molecule has 0 bridgehead atoms. The van der Waals surface area contributed by atoms with Gasteiger partial charge in [0.05, 0.1) is 16.6 Å². The molecule has 3 rings (SSSR count). The van der Waals surface area contributed by atoms with Gasteiger partial charge in [0.2, 0.25) is 5.60 Å². The van der Waals surface area contributed by atoms with E-state index in [2.05, 4.69) is 9.97 Å². The fraction of sp³-hybridized carbons (Fsp3) is 0.400. The lowest BCUT2D eigenvalue weighted by Gasteiger charge is -2.26. The van der Waals surface area contributed by atoms with Crippen LogP contribution in [0.4, 0.5) is 4.39 Å². The summed E-state index contributed by atoms with van der Waals surface area (Å²) in [4.78, 5) is 19.7. The highest BCUT2D eigenvalue weighted by Crippen LogP contribution is 2.46. The van der Waals surface area contributed by atoms with Crippen molar-refractivity contribution in [2.45, 2.75) is 30.7 Å². The number of aliphatic hydroxyl groups is 3. The predicted molar refractivity (Wildman–Crippen MR) is 81.6 cm³/mol. The van der Waals surface area contributed by atoms with Crippen LogP contribution in [0.25, 0.3) is 11.0 Å². The van der Waals surface area contributed by atoms with Gasteiger partial charge in [-0.25, -0.2) is 14.4 Å². The van der Waals surface area contributed by atoms with Crippen LogP contribution < -0.4 is 5.73 Å². The summed E-state index contributed by atoms with van der Waals surface area (Å²) in [5.74, 6) is -1.91. The average molecular weight is 350 g/mol. The topological polar surface area (TPSA) is 144 Å². The standard InChI is InChI=1S/C15H15FN4O5/c1-3-14(24)12(23)15(16,5-21)25-13(14)20-4-8(10(17)22)9-7(2)18-6-19-11(9)20/h1,4,6,12-13,21,23-24H,5H2,2H3,(H2,17,22)/t12-,13+,14+,15+/m0/s1. The molecule has 2 aromatic rings. The van der Waals surface area contributed by atoms with Gasteiger partial charge in [-0.15, -0.1) is 6.42 Å². The van der Waals surface area contributed by atoms with Gasteiger partial charge in [0, 0.05) is 6.20 Å². The van der Waals surface area contributed by atoms with Gasteiger partial charge in [-0.1, -0.05) is 5.92 Å². The smallest absolute Gasteiger partial charge is 0.264 e. The minimum absolute atomic E-state index is 0.00548. The van der Waals surface area contributed by atoms with Crippen molar-refractivity contribution in [3.05, 3.63) is 23.8 Å². The Morgan fingerprint density at radius 1 is 1.60 bits per heavy atom. The number of carbonyl (C=O) groups excluding carboxylic acids is 1. The number of terminal acetylenes is 1. The van der Waals surface area contributed by atoms with E-state index in [-0.39, 0.29) is 16.6 Å². The van der Waals surface area contributed by atoms with Crippen LogP contribution in [0.2, 0.25) is 0 Å². The number of fused-ring (bicyclic) bond motifs is 1. The number of nitrogens with zero attached hydrogens (tertiary/aromatic N) is 3. The monoisotopic (exact) mass is 350 g/mol. The van der Waals surface area contributed by atoms with Crippen molar-refractivity contribution < 1.29 is 29.2 Å². The zero-order valence-electron chi connectivity index (χ0n) is 13.0. The third kappa shape index (κ3) is 2.21. The molecule has 0 radical (unpaired) electrons. The maximum atomic E-state index is 14.6. The number of alkyl halides is 1. The number of nitrogens with two attached hydrogens (primary N) is 1. The molecule has 3 heterocycles. The van der Waals surface area contributed by atoms with E-state index in [4.69, 9.17) is 16.9 Å². The molecule has 0 spiro atoms. The molecule has 0 aromatic carbocycles. The lowest BCUT2D eigenvalue weighted by Crippen LogP contribution is -2.49. The number of aromatic nitrogens is 3. The van der Waals surface area contributed by atoms with E-state index in [1.807, 2.05) is 5.92 Å². The largest absolute Gasteiger partial charge is 0.390 e. The second-order valence-corrected chi connectivity index (χ2v) is 5.76. The van der Waals surface area contributed by atoms with Crippen LogP contribution in [0.5, 0.6) is 0 Å². The molecule has 9 nitrogen and oxygen atoms in total. The van der Waals surface area contributed by atoms with Crippen LogP contribution in [-0.2, 0) is 4.74 Å². The summed E-state index contributed by atoms with van der Waals surface area (Å²) in [6, 6.07) is 0. The van der Waals surface area contributed by atoms with Gasteiger partial charge in [-0.2, -0.15) is 0 Å².